The standard InChI is InChI=1S/C7H10F2N2O2/c1-4-6(12)10-2-3-11(4)7(13)5(8)9/h4-5H,2-3H2,1H3,(H,10,12). The Morgan fingerprint density at radius 1 is 1.69 bits per heavy atom. The van der Waals surface area contributed by atoms with E-state index in [1.165, 1.54) is 6.92 Å². The molecule has 1 aliphatic rings. The molecule has 1 saturated heterocycles. The van der Waals surface area contributed by atoms with Crippen molar-refractivity contribution in [2.75, 3.05) is 13.1 Å². The van der Waals surface area contributed by atoms with Crippen LogP contribution in [0.15, 0.2) is 0 Å². The number of halogens is 2. The van der Waals surface area contributed by atoms with Crippen molar-refractivity contribution in [3.05, 3.63) is 0 Å². The first-order valence-corrected chi connectivity index (χ1v) is 3.90. The minimum absolute atomic E-state index is 0.149. The number of nitrogens with zero attached hydrogens (tertiary/aromatic N) is 1. The van der Waals surface area contributed by atoms with Crippen molar-refractivity contribution >= 4 is 11.8 Å². The zero-order chi connectivity index (χ0) is 10.0. The molecule has 74 valence electrons. The van der Waals surface area contributed by atoms with Gasteiger partial charge in [0.15, 0.2) is 0 Å². The van der Waals surface area contributed by atoms with Gasteiger partial charge in [-0.15, -0.1) is 0 Å². The summed E-state index contributed by atoms with van der Waals surface area (Å²) in [6, 6.07) is -0.796. The zero-order valence-corrected chi connectivity index (χ0v) is 7.09. The molecular formula is C7H10F2N2O2. The lowest BCUT2D eigenvalue weighted by Crippen LogP contribution is -2.57. The predicted molar refractivity (Wildman–Crippen MR) is 40.2 cm³/mol. The van der Waals surface area contributed by atoms with E-state index < -0.39 is 18.4 Å². The number of hydrogen-bond acceptors (Lipinski definition) is 2. The monoisotopic (exact) mass is 192 g/mol. The highest BCUT2D eigenvalue weighted by Crippen LogP contribution is 2.08. The molecule has 0 aromatic rings. The van der Waals surface area contributed by atoms with Crippen LogP contribution in [-0.4, -0.2) is 42.3 Å². The zero-order valence-electron chi connectivity index (χ0n) is 7.09. The first-order valence-electron chi connectivity index (χ1n) is 3.90. The molecule has 0 radical (unpaired) electrons. The van der Waals surface area contributed by atoms with E-state index in [0.29, 0.717) is 0 Å². The van der Waals surface area contributed by atoms with E-state index in [4.69, 9.17) is 0 Å². The van der Waals surface area contributed by atoms with Crippen LogP contribution in [0.1, 0.15) is 6.92 Å². The summed E-state index contributed by atoms with van der Waals surface area (Å²) in [7, 11) is 0. The van der Waals surface area contributed by atoms with E-state index in [-0.39, 0.29) is 19.0 Å². The Kier molecular flexibility index (Phi) is 2.79. The molecular weight excluding hydrogens is 182 g/mol. The fourth-order valence-corrected chi connectivity index (χ4v) is 1.21. The number of carbonyl (C=O) groups excluding carboxylic acids is 2. The van der Waals surface area contributed by atoms with Crippen LogP contribution in [0, 0.1) is 0 Å². The van der Waals surface area contributed by atoms with Gasteiger partial charge in [-0.05, 0) is 6.92 Å². The van der Waals surface area contributed by atoms with Crippen LogP contribution >= 0.6 is 0 Å². The lowest BCUT2D eigenvalue weighted by atomic mass is 10.2. The van der Waals surface area contributed by atoms with Crippen LogP contribution in [0.4, 0.5) is 8.78 Å². The molecule has 1 fully saturated rings. The van der Waals surface area contributed by atoms with Crippen molar-refractivity contribution in [2.45, 2.75) is 19.4 Å². The Morgan fingerprint density at radius 2 is 2.31 bits per heavy atom. The third-order valence-corrected chi connectivity index (χ3v) is 1.97. The molecule has 0 aliphatic carbocycles. The minimum atomic E-state index is -3.03. The van der Waals surface area contributed by atoms with E-state index in [0.717, 1.165) is 4.90 Å². The second-order valence-electron chi connectivity index (χ2n) is 2.80. The highest BCUT2D eigenvalue weighted by atomic mass is 19.3. The number of piperazine rings is 1. The molecule has 4 nitrogen and oxygen atoms in total. The van der Waals surface area contributed by atoms with Crippen LogP contribution in [0.5, 0.6) is 0 Å². The van der Waals surface area contributed by atoms with E-state index in [1.54, 1.807) is 0 Å². The molecule has 1 atom stereocenters. The Morgan fingerprint density at radius 3 is 2.85 bits per heavy atom. The van der Waals surface area contributed by atoms with Gasteiger partial charge < -0.3 is 10.2 Å². The third kappa shape index (κ3) is 1.93. The fourth-order valence-electron chi connectivity index (χ4n) is 1.21. The van der Waals surface area contributed by atoms with Gasteiger partial charge in [-0.25, -0.2) is 0 Å². The summed E-state index contributed by atoms with van der Waals surface area (Å²) in [6.45, 7) is 1.81. The van der Waals surface area contributed by atoms with Crippen LogP contribution < -0.4 is 5.32 Å². The molecule has 0 saturated carbocycles. The molecule has 1 rings (SSSR count). The number of amides is 2. The summed E-state index contributed by atoms with van der Waals surface area (Å²) >= 11 is 0. The van der Waals surface area contributed by atoms with Crippen LogP contribution in [0.2, 0.25) is 0 Å². The summed E-state index contributed by atoms with van der Waals surface area (Å²) in [5.74, 6) is -1.66. The van der Waals surface area contributed by atoms with Crippen molar-refractivity contribution < 1.29 is 18.4 Å². The van der Waals surface area contributed by atoms with Crippen molar-refractivity contribution in [1.82, 2.24) is 10.2 Å². The number of nitrogens with one attached hydrogen (secondary N) is 1. The van der Waals surface area contributed by atoms with Crippen LogP contribution in [0.25, 0.3) is 0 Å². The maximum absolute atomic E-state index is 12.0. The smallest absolute Gasteiger partial charge is 0.315 e. The lowest BCUT2D eigenvalue weighted by molar-refractivity contribution is -0.151. The quantitative estimate of drug-likeness (QED) is 0.614. The number of rotatable bonds is 1. The van der Waals surface area contributed by atoms with E-state index in [1.807, 2.05) is 0 Å². The summed E-state index contributed by atoms with van der Waals surface area (Å²) in [5, 5.41) is 2.48. The second-order valence-corrected chi connectivity index (χ2v) is 2.80. The molecule has 0 spiro atoms. The van der Waals surface area contributed by atoms with Gasteiger partial charge in [0.05, 0.1) is 0 Å². The molecule has 0 bridgehead atoms. The highest BCUT2D eigenvalue weighted by Gasteiger charge is 2.33. The van der Waals surface area contributed by atoms with Gasteiger partial charge in [-0.1, -0.05) is 0 Å². The number of carbonyl (C=O) groups is 2. The molecule has 1 unspecified atom stereocenters. The fraction of sp³-hybridized carbons (Fsp3) is 0.714. The molecule has 1 N–H and O–H groups in total. The van der Waals surface area contributed by atoms with E-state index in [9.17, 15) is 18.4 Å². The molecule has 1 heterocycles. The highest BCUT2D eigenvalue weighted by molar-refractivity contribution is 5.89. The Hall–Kier alpha value is -1.20. The van der Waals surface area contributed by atoms with E-state index >= 15 is 0 Å². The minimum Gasteiger partial charge on any atom is -0.353 e. The average Bonchev–Trinajstić information content (AvgIpc) is 2.08. The van der Waals surface area contributed by atoms with Crippen molar-refractivity contribution in [2.24, 2.45) is 0 Å². The molecule has 6 heteroatoms. The predicted octanol–water partition coefficient (Wildman–Crippen LogP) is -0.402. The van der Waals surface area contributed by atoms with Gasteiger partial charge in [-0.2, -0.15) is 8.78 Å². The van der Waals surface area contributed by atoms with Crippen LogP contribution in [0.3, 0.4) is 0 Å². The van der Waals surface area contributed by atoms with Gasteiger partial charge in [0, 0.05) is 13.1 Å². The van der Waals surface area contributed by atoms with Crippen molar-refractivity contribution in [3.63, 3.8) is 0 Å². The first kappa shape index (κ1) is 9.88. The van der Waals surface area contributed by atoms with Crippen molar-refractivity contribution in [3.8, 4) is 0 Å². The van der Waals surface area contributed by atoms with Gasteiger partial charge in [0.1, 0.15) is 6.04 Å². The lowest BCUT2D eigenvalue weighted by Gasteiger charge is -2.32. The second kappa shape index (κ2) is 3.68. The van der Waals surface area contributed by atoms with Gasteiger partial charge in [0.2, 0.25) is 5.91 Å². The molecule has 0 aromatic carbocycles. The molecule has 1 aliphatic heterocycles. The first-order chi connectivity index (χ1) is 6.04. The summed E-state index contributed by atoms with van der Waals surface area (Å²) in [5.41, 5.74) is 0. The molecule has 0 aromatic heterocycles. The maximum atomic E-state index is 12.0. The Labute approximate surface area is 73.9 Å². The maximum Gasteiger partial charge on any atom is 0.315 e. The molecule has 2 amide bonds. The Balaban J connectivity index is 2.68. The molecule has 13 heavy (non-hydrogen) atoms. The average molecular weight is 192 g/mol. The van der Waals surface area contributed by atoms with Crippen LogP contribution in [-0.2, 0) is 9.59 Å². The topological polar surface area (TPSA) is 49.4 Å². The largest absolute Gasteiger partial charge is 0.353 e. The summed E-state index contributed by atoms with van der Waals surface area (Å²) in [4.78, 5) is 22.7. The normalized spacial score (nSPS) is 23.2. The summed E-state index contributed by atoms with van der Waals surface area (Å²) < 4.78 is 24.0. The van der Waals surface area contributed by atoms with Gasteiger partial charge in [0.25, 0.3) is 5.91 Å². The van der Waals surface area contributed by atoms with Gasteiger partial charge in [-0.3, -0.25) is 9.59 Å². The van der Waals surface area contributed by atoms with Crippen molar-refractivity contribution in [1.29, 1.82) is 0 Å². The van der Waals surface area contributed by atoms with Gasteiger partial charge >= 0.3 is 6.43 Å². The van der Waals surface area contributed by atoms with E-state index in [2.05, 4.69) is 5.32 Å². The third-order valence-electron chi connectivity index (χ3n) is 1.97. The Bertz CT molecular complexity index is 233. The number of alkyl halides is 2. The number of hydrogen-bond donors (Lipinski definition) is 1. The summed E-state index contributed by atoms with van der Waals surface area (Å²) in [6.07, 6.45) is -3.03. The SMILES string of the molecule is CC1C(=O)NCCN1C(=O)C(F)F.